The summed E-state index contributed by atoms with van der Waals surface area (Å²) in [5.41, 5.74) is 4.06. The highest BCUT2D eigenvalue weighted by molar-refractivity contribution is 5.92. The van der Waals surface area contributed by atoms with Crippen LogP contribution in [-0.2, 0) is 11.2 Å². The zero-order valence-corrected chi connectivity index (χ0v) is 13.3. The van der Waals surface area contributed by atoms with Gasteiger partial charge in [0.25, 0.3) is 0 Å². The molecule has 2 aromatic rings. The maximum Gasteiger partial charge on any atom is 0.228 e. The van der Waals surface area contributed by atoms with Crippen molar-refractivity contribution in [2.45, 2.75) is 20.3 Å². The number of rotatable bonds is 4. The van der Waals surface area contributed by atoms with E-state index in [1.54, 1.807) is 13.2 Å². The number of halogens is 1. The number of hydrogen-bond acceptors (Lipinski definition) is 3. The van der Waals surface area contributed by atoms with Gasteiger partial charge in [0, 0.05) is 7.05 Å². The topological polar surface area (TPSA) is 54.0 Å². The number of aryl methyl sites for hydroxylation is 2. The average molecular weight is 306 g/mol. The maximum absolute atomic E-state index is 12.0. The summed E-state index contributed by atoms with van der Waals surface area (Å²) in [6.45, 7) is 4.05. The first-order valence-electron chi connectivity index (χ1n) is 6.58. The number of benzene rings is 1. The van der Waals surface area contributed by atoms with Crippen molar-refractivity contribution in [2.75, 3.05) is 17.7 Å². The fraction of sp³-hybridized carbons (Fsp3) is 0.250. The van der Waals surface area contributed by atoms with Gasteiger partial charge in [0.05, 0.1) is 18.3 Å². The first-order chi connectivity index (χ1) is 9.58. The Balaban J connectivity index is 0.00000220. The van der Waals surface area contributed by atoms with E-state index in [0.717, 1.165) is 16.9 Å². The van der Waals surface area contributed by atoms with Gasteiger partial charge < -0.3 is 10.6 Å². The van der Waals surface area contributed by atoms with E-state index in [1.807, 2.05) is 32.0 Å². The van der Waals surface area contributed by atoms with Crippen molar-refractivity contribution in [1.82, 2.24) is 4.98 Å². The minimum absolute atomic E-state index is 0. The summed E-state index contributed by atoms with van der Waals surface area (Å²) in [7, 11) is 1.81. The average Bonchev–Trinajstić information content (AvgIpc) is 2.43. The van der Waals surface area contributed by atoms with E-state index in [9.17, 15) is 4.79 Å². The van der Waals surface area contributed by atoms with Crippen LogP contribution in [0.15, 0.2) is 36.5 Å². The summed E-state index contributed by atoms with van der Waals surface area (Å²) in [4.78, 5) is 16.2. The van der Waals surface area contributed by atoms with Crippen molar-refractivity contribution in [1.29, 1.82) is 0 Å². The summed E-state index contributed by atoms with van der Waals surface area (Å²) in [5.74, 6) is 0.746. The predicted molar refractivity (Wildman–Crippen MR) is 89.3 cm³/mol. The summed E-state index contributed by atoms with van der Waals surface area (Å²) in [6.07, 6.45) is 2.02. The molecule has 0 radical (unpaired) electrons. The molecule has 0 fully saturated rings. The van der Waals surface area contributed by atoms with Gasteiger partial charge in [-0.1, -0.05) is 23.8 Å². The molecular weight excluding hydrogens is 286 g/mol. The zero-order valence-electron chi connectivity index (χ0n) is 12.4. The van der Waals surface area contributed by atoms with Crippen molar-refractivity contribution < 1.29 is 4.79 Å². The molecule has 1 heterocycles. The van der Waals surface area contributed by atoms with Crippen molar-refractivity contribution in [2.24, 2.45) is 0 Å². The lowest BCUT2D eigenvalue weighted by atomic mass is 10.0. The summed E-state index contributed by atoms with van der Waals surface area (Å²) in [5, 5.41) is 5.80. The normalized spacial score (nSPS) is 9.67. The minimum Gasteiger partial charge on any atom is -0.373 e. The van der Waals surface area contributed by atoms with E-state index in [2.05, 4.69) is 27.8 Å². The first kappa shape index (κ1) is 17.0. The SMILES string of the molecule is CNc1ccc(NC(=O)Cc2cc(C)ccc2C)cn1.Cl. The van der Waals surface area contributed by atoms with Crippen LogP contribution in [0.25, 0.3) is 0 Å². The number of pyridine rings is 1. The number of nitrogens with one attached hydrogen (secondary N) is 2. The summed E-state index contributed by atoms with van der Waals surface area (Å²) < 4.78 is 0. The van der Waals surface area contributed by atoms with Gasteiger partial charge >= 0.3 is 0 Å². The molecular formula is C16H20ClN3O. The summed E-state index contributed by atoms with van der Waals surface area (Å²) >= 11 is 0. The van der Waals surface area contributed by atoms with E-state index in [1.165, 1.54) is 5.56 Å². The lowest BCUT2D eigenvalue weighted by molar-refractivity contribution is -0.115. The monoisotopic (exact) mass is 305 g/mol. The Labute approximate surface area is 131 Å². The third-order valence-corrected chi connectivity index (χ3v) is 3.16. The quantitative estimate of drug-likeness (QED) is 0.911. The largest absolute Gasteiger partial charge is 0.373 e. The Kier molecular flexibility index (Phi) is 6.18. The lowest BCUT2D eigenvalue weighted by Crippen LogP contribution is -2.15. The predicted octanol–water partition coefficient (Wildman–Crippen LogP) is 3.34. The molecule has 2 N–H and O–H groups in total. The van der Waals surface area contributed by atoms with Gasteiger partial charge in [0.1, 0.15) is 5.82 Å². The zero-order chi connectivity index (χ0) is 14.5. The second-order valence-electron chi connectivity index (χ2n) is 4.84. The van der Waals surface area contributed by atoms with Gasteiger partial charge in [0.2, 0.25) is 5.91 Å². The van der Waals surface area contributed by atoms with E-state index < -0.39 is 0 Å². The Morgan fingerprint density at radius 3 is 2.57 bits per heavy atom. The molecule has 1 amide bonds. The van der Waals surface area contributed by atoms with Gasteiger partial charge in [-0.15, -0.1) is 12.4 Å². The lowest BCUT2D eigenvalue weighted by Gasteiger charge is -2.08. The highest BCUT2D eigenvalue weighted by atomic mass is 35.5. The molecule has 5 heteroatoms. The van der Waals surface area contributed by atoms with Crippen molar-refractivity contribution in [3.8, 4) is 0 Å². The van der Waals surface area contributed by atoms with Crippen molar-refractivity contribution >= 4 is 29.8 Å². The van der Waals surface area contributed by atoms with Gasteiger partial charge in [-0.2, -0.15) is 0 Å². The third kappa shape index (κ3) is 4.76. The van der Waals surface area contributed by atoms with Crippen LogP contribution in [0.3, 0.4) is 0 Å². The first-order valence-corrected chi connectivity index (χ1v) is 6.58. The smallest absolute Gasteiger partial charge is 0.228 e. The number of carbonyl (C=O) groups is 1. The number of aromatic nitrogens is 1. The maximum atomic E-state index is 12.0. The van der Waals surface area contributed by atoms with Crippen LogP contribution in [0.1, 0.15) is 16.7 Å². The fourth-order valence-electron chi connectivity index (χ4n) is 1.98. The Bertz CT molecular complexity index is 611. The van der Waals surface area contributed by atoms with Crippen LogP contribution < -0.4 is 10.6 Å². The molecule has 2 rings (SSSR count). The second-order valence-corrected chi connectivity index (χ2v) is 4.84. The Morgan fingerprint density at radius 1 is 1.19 bits per heavy atom. The molecule has 0 aliphatic heterocycles. The van der Waals surface area contributed by atoms with Crippen LogP contribution in [0.2, 0.25) is 0 Å². The van der Waals surface area contributed by atoms with Gasteiger partial charge in [-0.25, -0.2) is 4.98 Å². The Hall–Kier alpha value is -2.07. The minimum atomic E-state index is -0.0299. The Morgan fingerprint density at radius 2 is 1.95 bits per heavy atom. The van der Waals surface area contributed by atoms with E-state index >= 15 is 0 Å². The van der Waals surface area contributed by atoms with Crippen LogP contribution in [-0.4, -0.2) is 17.9 Å². The standard InChI is InChI=1S/C16H19N3O.ClH/c1-11-4-5-12(2)13(8-11)9-16(20)19-14-6-7-15(17-3)18-10-14;/h4-8,10H,9H2,1-3H3,(H,17,18)(H,19,20);1H. The van der Waals surface area contributed by atoms with Gasteiger partial charge in [0.15, 0.2) is 0 Å². The molecule has 4 nitrogen and oxygen atoms in total. The number of amides is 1. The van der Waals surface area contributed by atoms with Crippen LogP contribution in [0, 0.1) is 13.8 Å². The van der Waals surface area contributed by atoms with Gasteiger partial charge in [-0.3, -0.25) is 4.79 Å². The van der Waals surface area contributed by atoms with Crippen LogP contribution in [0.4, 0.5) is 11.5 Å². The van der Waals surface area contributed by atoms with E-state index in [-0.39, 0.29) is 18.3 Å². The fourth-order valence-corrected chi connectivity index (χ4v) is 1.98. The highest BCUT2D eigenvalue weighted by Crippen LogP contribution is 2.13. The number of carbonyl (C=O) groups excluding carboxylic acids is 1. The molecule has 1 aromatic carbocycles. The van der Waals surface area contributed by atoms with Crippen LogP contribution in [0.5, 0.6) is 0 Å². The van der Waals surface area contributed by atoms with Crippen LogP contribution >= 0.6 is 12.4 Å². The third-order valence-electron chi connectivity index (χ3n) is 3.16. The van der Waals surface area contributed by atoms with E-state index in [4.69, 9.17) is 0 Å². The molecule has 0 aliphatic rings. The molecule has 21 heavy (non-hydrogen) atoms. The molecule has 112 valence electrons. The highest BCUT2D eigenvalue weighted by Gasteiger charge is 2.07. The number of nitrogens with zero attached hydrogens (tertiary/aromatic N) is 1. The van der Waals surface area contributed by atoms with E-state index in [0.29, 0.717) is 12.1 Å². The number of anilines is 2. The molecule has 0 bridgehead atoms. The molecule has 1 aromatic heterocycles. The molecule has 0 atom stereocenters. The summed E-state index contributed by atoms with van der Waals surface area (Å²) in [6, 6.07) is 9.81. The molecule has 0 saturated heterocycles. The van der Waals surface area contributed by atoms with Crippen molar-refractivity contribution in [3.63, 3.8) is 0 Å². The second kappa shape index (κ2) is 7.64. The number of hydrogen-bond donors (Lipinski definition) is 2. The molecule has 0 saturated carbocycles. The van der Waals surface area contributed by atoms with Gasteiger partial charge in [-0.05, 0) is 37.1 Å². The molecule has 0 spiro atoms. The molecule has 0 unspecified atom stereocenters. The van der Waals surface area contributed by atoms with Crippen molar-refractivity contribution in [3.05, 3.63) is 53.2 Å². The molecule has 0 aliphatic carbocycles.